The van der Waals surface area contributed by atoms with Gasteiger partial charge in [-0.05, 0) is 79.9 Å². The van der Waals surface area contributed by atoms with E-state index in [1.54, 1.807) is 6.92 Å². The van der Waals surface area contributed by atoms with Crippen molar-refractivity contribution in [3.63, 3.8) is 0 Å². The number of halogens is 2. The summed E-state index contributed by atoms with van der Waals surface area (Å²) < 4.78 is 69.3. The highest BCUT2D eigenvalue weighted by Crippen LogP contribution is 2.36. The number of benzene rings is 2. The largest absolute Gasteiger partial charge is 0.279 e. The standard InChI is InChI=1S/C20H18ClFN2O4S3/c1-13-2-3-14-12-15(22)4-9-18(14)24(13)31(27,28)17-7-5-16(6-8-17)23-30(25,26)20-11-10-19(21)29-20/h4-13,23H,2-3H2,1H3/t13-/m0/s1. The van der Waals surface area contributed by atoms with Gasteiger partial charge in [-0.2, -0.15) is 0 Å². The Bertz CT molecular complexity index is 1340. The highest BCUT2D eigenvalue weighted by molar-refractivity contribution is 7.94. The number of aryl methyl sites for hydroxylation is 1. The van der Waals surface area contributed by atoms with E-state index in [9.17, 15) is 21.2 Å². The summed E-state index contributed by atoms with van der Waals surface area (Å²) in [7, 11) is -7.75. The number of hydrogen-bond donors (Lipinski definition) is 1. The minimum Gasteiger partial charge on any atom is -0.279 e. The minimum absolute atomic E-state index is 0.0126. The van der Waals surface area contributed by atoms with Crippen molar-refractivity contribution in [3.8, 4) is 0 Å². The molecule has 3 aromatic rings. The van der Waals surface area contributed by atoms with Gasteiger partial charge >= 0.3 is 0 Å². The van der Waals surface area contributed by atoms with E-state index in [2.05, 4.69) is 4.72 Å². The number of nitrogens with one attached hydrogen (secondary N) is 1. The Kier molecular flexibility index (Phi) is 5.76. The molecule has 11 heteroatoms. The molecule has 0 amide bonds. The number of rotatable bonds is 5. The van der Waals surface area contributed by atoms with Crippen LogP contribution in [0.2, 0.25) is 4.34 Å². The first-order chi connectivity index (χ1) is 14.6. The smallest absolute Gasteiger partial charge is 0.271 e. The third kappa shape index (κ3) is 4.30. The number of anilines is 2. The fourth-order valence-electron chi connectivity index (χ4n) is 3.51. The third-order valence-corrected chi connectivity index (χ3v) is 10.0. The molecule has 1 N–H and O–H groups in total. The van der Waals surface area contributed by atoms with E-state index in [0.717, 1.165) is 11.3 Å². The monoisotopic (exact) mass is 500 g/mol. The summed E-state index contributed by atoms with van der Waals surface area (Å²) in [6.45, 7) is 1.80. The molecular formula is C20H18ClFN2O4S3. The lowest BCUT2D eigenvalue weighted by atomic mass is 9.99. The second kappa shape index (κ2) is 8.09. The van der Waals surface area contributed by atoms with Crippen molar-refractivity contribution in [1.82, 2.24) is 0 Å². The van der Waals surface area contributed by atoms with Gasteiger partial charge in [0, 0.05) is 11.7 Å². The van der Waals surface area contributed by atoms with E-state index in [0.29, 0.717) is 28.4 Å². The molecule has 6 nitrogen and oxygen atoms in total. The molecule has 1 aliphatic heterocycles. The van der Waals surface area contributed by atoms with E-state index < -0.39 is 25.9 Å². The quantitative estimate of drug-likeness (QED) is 0.541. The Morgan fingerprint density at radius 2 is 1.77 bits per heavy atom. The van der Waals surface area contributed by atoms with Gasteiger partial charge in [-0.1, -0.05) is 11.6 Å². The molecule has 0 spiro atoms. The summed E-state index contributed by atoms with van der Waals surface area (Å²) in [4.78, 5) is 0.0126. The molecule has 0 saturated heterocycles. The van der Waals surface area contributed by atoms with E-state index in [1.165, 1.54) is 58.9 Å². The van der Waals surface area contributed by atoms with E-state index in [-0.39, 0.29) is 20.8 Å². The first-order valence-electron chi connectivity index (χ1n) is 9.29. The van der Waals surface area contributed by atoms with Crippen LogP contribution < -0.4 is 9.03 Å². The van der Waals surface area contributed by atoms with Gasteiger partial charge in [0.05, 0.1) is 14.9 Å². The first-order valence-corrected chi connectivity index (χ1v) is 13.4. The number of thiophene rings is 1. The summed E-state index contributed by atoms with van der Waals surface area (Å²) in [6, 6.07) is 12.1. The molecule has 1 aliphatic rings. The fraction of sp³-hybridized carbons (Fsp3) is 0.200. The Balaban J connectivity index is 1.63. The number of hydrogen-bond acceptors (Lipinski definition) is 5. The third-order valence-electron chi connectivity index (χ3n) is 4.99. The molecule has 0 unspecified atom stereocenters. The topological polar surface area (TPSA) is 83.6 Å². The van der Waals surface area contributed by atoms with Crippen molar-refractivity contribution in [1.29, 1.82) is 0 Å². The normalized spacial score (nSPS) is 16.7. The molecule has 2 heterocycles. The zero-order chi connectivity index (χ0) is 22.4. The molecule has 4 rings (SSSR count). The van der Waals surface area contributed by atoms with Gasteiger partial charge < -0.3 is 0 Å². The van der Waals surface area contributed by atoms with Crippen LogP contribution in [0.5, 0.6) is 0 Å². The summed E-state index contributed by atoms with van der Waals surface area (Å²) in [5.74, 6) is -0.408. The van der Waals surface area contributed by atoms with Crippen molar-refractivity contribution in [3.05, 3.63) is 70.3 Å². The van der Waals surface area contributed by atoms with Crippen molar-refractivity contribution in [2.75, 3.05) is 9.03 Å². The van der Waals surface area contributed by atoms with Crippen LogP contribution in [0.3, 0.4) is 0 Å². The highest BCUT2D eigenvalue weighted by Gasteiger charge is 2.34. The summed E-state index contributed by atoms with van der Waals surface area (Å²) in [5, 5.41) is 0. The molecule has 0 fully saturated rings. The van der Waals surface area contributed by atoms with Gasteiger partial charge in [0.25, 0.3) is 20.0 Å². The fourth-order valence-corrected chi connectivity index (χ4v) is 7.78. The lowest BCUT2D eigenvalue weighted by molar-refractivity contribution is 0.560. The van der Waals surface area contributed by atoms with Crippen LogP contribution in [0.15, 0.2) is 63.7 Å². The lowest BCUT2D eigenvalue weighted by Gasteiger charge is -2.36. The average Bonchev–Trinajstić information content (AvgIpc) is 3.15. The van der Waals surface area contributed by atoms with Crippen LogP contribution in [0.4, 0.5) is 15.8 Å². The van der Waals surface area contributed by atoms with Crippen LogP contribution in [-0.4, -0.2) is 22.9 Å². The van der Waals surface area contributed by atoms with Crippen LogP contribution in [0, 0.1) is 5.82 Å². The molecular weight excluding hydrogens is 483 g/mol. The van der Waals surface area contributed by atoms with Gasteiger partial charge in [0.1, 0.15) is 10.0 Å². The Morgan fingerprint density at radius 3 is 2.42 bits per heavy atom. The zero-order valence-electron chi connectivity index (χ0n) is 16.2. The van der Waals surface area contributed by atoms with E-state index in [1.807, 2.05) is 0 Å². The summed E-state index contributed by atoms with van der Waals surface area (Å²) in [6.07, 6.45) is 1.16. The number of sulfonamides is 2. The molecule has 1 atom stereocenters. The number of fused-ring (bicyclic) bond motifs is 1. The number of nitrogens with zero attached hydrogens (tertiary/aromatic N) is 1. The maximum absolute atomic E-state index is 13.6. The van der Waals surface area contributed by atoms with E-state index >= 15 is 0 Å². The molecule has 2 aromatic carbocycles. The molecule has 0 aliphatic carbocycles. The summed E-state index contributed by atoms with van der Waals surface area (Å²) >= 11 is 6.73. The van der Waals surface area contributed by atoms with Crippen molar-refractivity contribution < 1.29 is 21.2 Å². The maximum Gasteiger partial charge on any atom is 0.271 e. The molecule has 0 saturated carbocycles. The molecule has 0 bridgehead atoms. The Labute approximate surface area is 189 Å². The van der Waals surface area contributed by atoms with Crippen molar-refractivity contribution in [2.24, 2.45) is 0 Å². The predicted molar refractivity (Wildman–Crippen MR) is 120 cm³/mol. The van der Waals surface area contributed by atoms with Gasteiger partial charge in [0.2, 0.25) is 0 Å². The summed E-state index contributed by atoms with van der Waals surface area (Å²) in [5.41, 5.74) is 1.32. The van der Waals surface area contributed by atoms with Crippen LogP contribution >= 0.6 is 22.9 Å². The zero-order valence-corrected chi connectivity index (χ0v) is 19.5. The first kappa shape index (κ1) is 22.1. The van der Waals surface area contributed by atoms with Gasteiger partial charge in [-0.15, -0.1) is 11.3 Å². The predicted octanol–water partition coefficient (Wildman–Crippen LogP) is 4.87. The minimum atomic E-state index is -3.93. The SMILES string of the molecule is C[C@H]1CCc2cc(F)ccc2N1S(=O)(=O)c1ccc(NS(=O)(=O)c2ccc(Cl)s2)cc1. The maximum atomic E-state index is 13.6. The van der Waals surface area contributed by atoms with Gasteiger partial charge in [-0.3, -0.25) is 9.03 Å². The van der Waals surface area contributed by atoms with Crippen molar-refractivity contribution >= 4 is 54.4 Å². The Morgan fingerprint density at radius 1 is 1.06 bits per heavy atom. The average molecular weight is 501 g/mol. The second-order valence-corrected chi connectivity index (χ2v) is 12.6. The lowest BCUT2D eigenvalue weighted by Crippen LogP contribution is -2.42. The van der Waals surface area contributed by atoms with Crippen LogP contribution in [-0.2, 0) is 26.5 Å². The van der Waals surface area contributed by atoms with Crippen molar-refractivity contribution in [2.45, 2.75) is 34.9 Å². The molecule has 1 aromatic heterocycles. The Hall–Kier alpha value is -2.14. The molecule has 164 valence electrons. The van der Waals surface area contributed by atoms with Gasteiger partial charge in [-0.25, -0.2) is 21.2 Å². The van der Waals surface area contributed by atoms with E-state index in [4.69, 9.17) is 11.6 Å². The van der Waals surface area contributed by atoms with Gasteiger partial charge in [0.15, 0.2) is 0 Å². The highest BCUT2D eigenvalue weighted by atomic mass is 35.5. The molecule has 31 heavy (non-hydrogen) atoms. The molecule has 0 radical (unpaired) electrons. The second-order valence-electron chi connectivity index (χ2n) is 7.15. The van der Waals surface area contributed by atoms with Crippen LogP contribution in [0.25, 0.3) is 0 Å². The van der Waals surface area contributed by atoms with Crippen LogP contribution in [0.1, 0.15) is 18.9 Å².